The van der Waals surface area contributed by atoms with Gasteiger partial charge in [0, 0.05) is 6.54 Å². The maximum absolute atomic E-state index is 12.5. The molecule has 14 heteroatoms. The van der Waals surface area contributed by atoms with Crippen LogP contribution in [0.25, 0.3) is 11.2 Å². The number of hydrogen-bond donors (Lipinski definition) is 1. The summed E-state index contributed by atoms with van der Waals surface area (Å²) in [6.07, 6.45) is -11.4. The van der Waals surface area contributed by atoms with E-state index in [4.69, 9.17) is 10.5 Å². The Hall–Kier alpha value is -1.33. The van der Waals surface area contributed by atoms with Gasteiger partial charge in [0.1, 0.15) is 10.5 Å². The summed E-state index contributed by atoms with van der Waals surface area (Å²) in [5, 5.41) is 0.601. The molecule has 0 saturated heterocycles. The van der Waals surface area contributed by atoms with Crippen LogP contribution in [-0.4, -0.2) is 62.9 Å². The molecule has 0 aliphatic carbocycles. The fourth-order valence-electron chi connectivity index (χ4n) is 2.35. The SMILES string of the molecule is CCSc1nc(N)nc2c1ncn2CCOCP(CC(F)(F)F)CC(F)(F)F. The molecule has 158 valence electrons. The molecule has 0 fully saturated rings. The number of thioether (sulfide) groups is 1. The van der Waals surface area contributed by atoms with Crippen LogP contribution in [0.15, 0.2) is 11.4 Å². The van der Waals surface area contributed by atoms with Crippen molar-refractivity contribution in [1.82, 2.24) is 19.5 Å². The molecule has 0 bridgehead atoms. The number of hydrogen-bond acceptors (Lipinski definition) is 6. The maximum atomic E-state index is 12.5. The maximum Gasteiger partial charge on any atom is 0.392 e. The number of nitrogens with zero attached hydrogens (tertiary/aromatic N) is 4. The van der Waals surface area contributed by atoms with Crippen LogP contribution in [0.5, 0.6) is 0 Å². The fraction of sp³-hybridized carbons (Fsp3) is 0.643. The Morgan fingerprint density at radius 1 is 1.14 bits per heavy atom. The van der Waals surface area contributed by atoms with Gasteiger partial charge in [0.25, 0.3) is 0 Å². The van der Waals surface area contributed by atoms with Crippen LogP contribution in [-0.2, 0) is 11.3 Å². The normalized spacial score (nSPS) is 13.0. The van der Waals surface area contributed by atoms with Crippen molar-refractivity contribution in [3.05, 3.63) is 6.33 Å². The second kappa shape index (κ2) is 9.45. The van der Waals surface area contributed by atoms with Gasteiger partial charge in [0.05, 0.1) is 31.6 Å². The number of imidazole rings is 1. The minimum Gasteiger partial charge on any atom is -0.375 e. The van der Waals surface area contributed by atoms with Crippen molar-refractivity contribution in [3.63, 3.8) is 0 Å². The van der Waals surface area contributed by atoms with E-state index in [-0.39, 0.29) is 19.1 Å². The number of nitrogen functional groups attached to an aromatic ring is 1. The smallest absolute Gasteiger partial charge is 0.375 e. The zero-order valence-electron chi connectivity index (χ0n) is 14.7. The minimum atomic E-state index is -4.66. The molecular weight excluding hydrogens is 431 g/mol. The quantitative estimate of drug-likeness (QED) is 0.204. The first-order valence-corrected chi connectivity index (χ1v) is 10.9. The topological polar surface area (TPSA) is 78.9 Å². The van der Waals surface area contributed by atoms with E-state index < -0.39 is 38.9 Å². The predicted octanol–water partition coefficient (Wildman–Crippen LogP) is 4.10. The van der Waals surface area contributed by atoms with Gasteiger partial charge in [0.15, 0.2) is 5.65 Å². The highest BCUT2D eigenvalue weighted by atomic mass is 32.2. The standard InChI is InChI=1S/C14H18F6N5OPS/c1-2-28-11-9-10(23-12(21)24-11)25(7-22-9)3-4-26-8-27(5-13(15,16)17)6-14(18,19)20/h7H,2-6,8H2,1H3,(H2,21,23,24). The number of rotatable bonds is 9. The summed E-state index contributed by atoms with van der Waals surface area (Å²) in [6.45, 7) is 2.00. The molecule has 0 radical (unpaired) electrons. The Bertz CT molecular complexity index is 768. The molecule has 0 aliphatic rings. The lowest BCUT2D eigenvalue weighted by Crippen LogP contribution is -2.22. The van der Waals surface area contributed by atoms with Crippen molar-refractivity contribution in [3.8, 4) is 0 Å². The highest BCUT2D eigenvalue weighted by Gasteiger charge is 2.38. The van der Waals surface area contributed by atoms with Gasteiger partial charge < -0.3 is 15.0 Å². The molecule has 0 amide bonds. The molecule has 0 unspecified atom stereocenters. The Morgan fingerprint density at radius 2 is 1.79 bits per heavy atom. The summed E-state index contributed by atoms with van der Waals surface area (Å²) in [7, 11) is -2.40. The molecule has 2 heterocycles. The summed E-state index contributed by atoms with van der Waals surface area (Å²) >= 11 is 1.43. The predicted molar refractivity (Wildman–Crippen MR) is 95.7 cm³/mol. The third kappa shape index (κ3) is 7.25. The summed E-state index contributed by atoms with van der Waals surface area (Å²) in [4.78, 5) is 12.4. The average Bonchev–Trinajstić information content (AvgIpc) is 2.91. The van der Waals surface area contributed by atoms with E-state index in [2.05, 4.69) is 15.0 Å². The van der Waals surface area contributed by atoms with Gasteiger partial charge in [-0.3, -0.25) is 0 Å². The first-order valence-electron chi connectivity index (χ1n) is 8.03. The van der Waals surface area contributed by atoms with Crippen molar-refractivity contribution < 1.29 is 31.1 Å². The lowest BCUT2D eigenvalue weighted by molar-refractivity contribution is -0.112. The van der Waals surface area contributed by atoms with Crippen LogP contribution in [0.3, 0.4) is 0 Å². The molecule has 2 N–H and O–H groups in total. The Labute approximate surface area is 162 Å². The molecule has 0 atom stereocenters. The van der Waals surface area contributed by atoms with E-state index in [1.165, 1.54) is 18.1 Å². The molecule has 2 aromatic heterocycles. The lowest BCUT2D eigenvalue weighted by Gasteiger charge is -2.20. The van der Waals surface area contributed by atoms with Gasteiger partial charge in [-0.2, -0.15) is 31.3 Å². The number of anilines is 1. The van der Waals surface area contributed by atoms with E-state index in [9.17, 15) is 26.3 Å². The molecular formula is C14H18F6N5OPS. The van der Waals surface area contributed by atoms with Crippen LogP contribution in [0, 0.1) is 0 Å². The van der Waals surface area contributed by atoms with Crippen molar-refractivity contribution in [1.29, 1.82) is 0 Å². The zero-order valence-corrected chi connectivity index (χ0v) is 16.4. The van der Waals surface area contributed by atoms with Gasteiger partial charge in [-0.25, -0.2) is 9.97 Å². The summed E-state index contributed by atoms with van der Waals surface area (Å²) in [5.74, 6) is 0.786. The summed E-state index contributed by atoms with van der Waals surface area (Å²) in [6, 6.07) is 0. The van der Waals surface area contributed by atoms with Gasteiger partial charge in [0.2, 0.25) is 5.95 Å². The number of aromatic nitrogens is 4. The molecule has 2 rings (SSSR count). The molecule has 0 saturated carbocycles. The first-order chi connectivity index (χ1) is 13.0. The number of ether oxygens (including phenoxy) is 1. The molecule has 0 aliphatic heterocycles. The first kappa shape index (κ1) is 23.0. The number of alkyl halides is 6. The van der Waals surface area contributed by atoms with E-state index in [1.54, 1.807) is 4.57 Å². The molecule has 2 aromatic rings. The Kier molecular flexibility index (Phi) is 7.74. The van der Waals surface area contributed by atoms with E-state index in [0.717, 1.165) is 5.75 Å². The third-order valence-electron chi connectivity index (χ3n) is 3.29. The molecule has 28 heavy (non-hydrogen) atoms. The summed E-state index contributed by atoms with van der Waals surface area (Å²) in [5.41, 5.74) is 6.63. The Morgan fingerprint density at radius 3 is 2.36 bits per heavy atom. The van der Waals surface area contributed by atoms with Crippen LogP contribution in [0.1, 0.15) is 6.92 Å². The number of fused-ring (bicyclic) bond motifs is 1. The molecule has 6 nitrogen and oxygen atoms in total. The van der Waals surface area contributed by atoms with Crippen molar-refractivity contribution in [2.24, 2.45) is 0 Å². The van der Waals surface area contributed by atoms with Crippen molar-refractivity contribution >= 4 is 36.8 Å². The average molecular weight is 449 g/mol. The van der Waals surface area contributed by atoms with Gasteiger partial charge in [-0.05, 0) is 5.75 Å². The van der Waals surface area contributed by atoms with Crippen molar-refractivity contribution in [2.75, 3.05) is 36.8 Å². The highest BCUT2D eigenvalue weighted by molar-refractivity contribution is 7.99. The van der Waals surface area contributed by atoms with Gasteiger partial charge in [-0.15, -0.1) is 11.8 Å². The minimum absolute atomic E-state index is 0.0463. The largest absolute Gasteiger partial charge is 0.392 e. The summed E-state index contributed by atoms with van der Waals surface area (Å²) < 4.78 is 81.6. The van der Waals surface area contributed by atoms with Crippen LogP contribution in [0.2, 0.25) is 0 Å². The zero-order chi connectivity index (χ0) is 20.9. The second-order valence-electron chi connectivity index (χ2n) is 5.68. The second-order valence-corrected chi connectivity index (χ2v) is 9.17. The van der Waals surface area contributed by atoms with Crippen LogP contribution < -0.4 is 5.73 Å². The van der Waals surface area contributed by atoms with E-state index in [0.29, 0.717) is 16.2 Å². The van der Waals surface area contributed by atoms with Crippen LogP contribution in [0.4, 0.5) is 32.3 Å². The number of halogens is 6. The van der Waals surface area contributed by atoms with Gasteiger partial charge >= 0.3 is 12.4 Å². The van der Waals surface area contributed by atoms with Gasteiger partial charge in [-0.1, -0.05) is 14.8 Å². The fourth-order valence-corrected chi connectivity index (χ4v) is 4.75. The molecule has 0 aromatic carbocycles. The third-order valence-corrected chi connectivity index (χ3v) is 6.29. The van der Waals surface area contributed by atoms with E-state index >= 15 is 0 Å². The number of nitrogens with two attached hydrogens (primary N) is 1. The molecule has 0 spiro atoms. The lowest BCUT2D eigenvalue weighted by atomic mass is 10.5. The van der Waals surface area contributed by atoms with Crippen LogP contribution >= 0.6 is 19.7 Å². The van der Waals surface area contributed by atoms with Crippen molar-refractivity contribution in [2.45, 2.75) is 30.8 Å². The Balaban J connectivity index is 1.98. The monoisotopic (exact) mass is 449 g/mol. The van der Waals surface area contributed by atoms with E-state index in [1.807, 2.05) is 6.92 Å². The highest BCUT2D eigenvalue weighted by Crippen LogP contribution is 2.45.